The first-order chi connectivity index (χ1) is 14.2. The lowest BCUT2D eigenvalue weighted by Gasteiger charge is -2.37. The first-order valence-corrected chi connectivity index (χ1v) is 10.5. The molecule has 4 heterocycles. The van der Waals surface area contributed by atoms with Crippen LogP contribution >= 0.6 is 12.2 Å². The van der Waals surface area contributed by atoms with Gasteiger partial charge in [-0.2, -0.15) is 10.1 Å². The van der Waals surface area contributed by atoms with Crippen LogP contribution in [0.4, 0.5) is 0 Å². The number of piperazine rings is 1. The molecule has 0 unspecified atom stereocenters. The van der Waals surface area contributed by atoms with Gasteiger partial charge in [-0.1, -0.05) is 5.16 Å². The summed E-state index contributed by atoms with van der Waals surface area (Å²) in [5, 5.41) is 12.8. The Bertz CT molecular complexity index is 1060. The molecule has 4 rings (SSSR count). The van der Waals surface area contributed by atoms with Crippen molar-refractivity contribution in [1.82, 2.24) is 39.9 Å². The highest BCUT2D eigenvalue weighted by molar-refractivity contribution is 7.80. The first kappa shape index (κ1) is 20.7. The van der Waals surface area contributed by atoms with Crippen LogP contribution < -0.4 is 5.32 Å². The van der Waals surface area contributed by atoms with Gasteiger partial charge in [0.1, 0.15) is 5.56 Å². The number of hydrogen-bond acceptors (Lipinski definition) is 7. The fraction of sp³-hybridized carbons (Fsp3) is 0.550. The normalized spacial score (nSPS) is 15.7. The smallest absolute Gasteiger partial charge is 0.263 e. The number of rotatable bonds is 3. The van der Waals surface area contributed by atoms with Crippen molar-refractivity contribution < 1.29 is 4.52 Å². The summed E-state index contributed by atoms with van der Waals surface area (Å²) in [5.41, 5.74) is 3.40. The Labute approximate surface area is 181 Å². The number of nitrogens with zero attached hydrogens (tertiary/aromatic N) is 7. The maximum Gasteiger partial charge on any atom is 0.263 e. The van der Waals surface area contributed by atoms with E-state index in [2.05, 4.69) is 56.1 Å². The van der Waals surface area contributed by atoms with Gasteiger partial charge in [-0.3, -0.25) is 4.90 Å². The van der Waals surface area contributed by atoms with Crippen LogP contribution in [0.5, 0.6) is 0 Å². The van der Waals surface area contributed by atoms with Crippen molar-refractivity contribution in [2.75, 3.05) is 26.2 Å². The molecule has 0 aliphatic carbocycles. The molecule has 0 amide bonds. The standard InChI is InChI=1S/C20H28N8OS/c1-13-10-14(2)28-17(22-13)15(11-21-28)18-23-16(25-29-18)12-26-6-8-27(9-7-26)19(30)24-20(3,4)5/h10-11H,6-9,12H2,1-5H3,(H,24,30). The minimum Gasteiger partial charge on any atom is -0.358 e. The van der Waals surface area contributed by atoms with E-state index in [0.717, 1.165) is 53.9 Å². The molecule has 1 aliphatic rings. The molecule has 1 saturated heterocycles. The van der Waals surface area contributed by atoms with Crippen LogP contribution in [0.2, 0.25) is 0 Å². The summed E-state index contributed by atoms with van der Waals surface area (Å²) in [7, 11) is 0. The highest BCUT2D eigenvalue weighted by atomic mass is 32.1. The Morgan fingerprint density at radius 1 is 1.17 bits per heavy atom. The van der Waals surface area contributed by atoms with Crippen LogP contribution in [-0.2, 0) is 6.54 Å². The Balaban J connectivity index is 1.40. The number of nitrogens with one attached hydrogen (secondary N) is 1. The van der Waals surface area contributed by atoms with E-state index >= 15 is 0 Å². The lowest BCUT2D eigenvalue weighted by atomic mass is 10.1. The van der Waals surface area contributed by atoms with Crippen molar-refractivity contribution in [2.45, 2.75) is 46.7 Å². The number of hydrogen-bond donors (Lipinski definition) is 1. The number of thiocarbonyl (C=S) groups is 1. The molecule has 0 bridgehead atoms. The summed E-state index contributed by atoms with van der Waals surface area (Å²) in [6.45, 7) is 14.5. The number of aryl methyl sites for hydroxylation is 2. The van der Waals surface area contributed by atoms with Gasteiger partial charge in [0.15, 0.2) is 16.6 Å². The van der Waals surface area contributed by atoms with Gasteiger partial charge in [0.05, 0.1) is 12.7 Å². The van der Waals surface area contributed by atoms with E-state index in [0.29, 0.717) is 18.3 Å². The molecule has 0 spiro atoms. The molecule has 1 aliphatic heterocycles. The molecule has 10 heteroatoms. The highest BCUT2D eigenvalue weighted by Gasteiger charge is 2.23. The zero-order valence-corrected chi connectivity index (χ0v) is 19.0. The molecule has 0 saturated carbocycles. The van der Waals surface area contributed by atoms with Gasteiger partial charge >= 0.3 is 0 Å². The Kier molecular flexibility index (Phi) is 5.46. The lowest BCUT2D eigenvalue weighted by molar-refractivity contribution is 0.168. The summed E-state index contributed by atoms with van der Waals surface area (Å²) in [6, 6.07) is 1.99. The maximum atomic E-state index is 5.54. The third-order valence-electron chi connectivity index (χ3n) is 4.98. The molecule has 30 heavy (non-hydrogen) atoms. The van der Waals surface area contributed by atoms with Gasteiger partial charge < -0.3 is 14.7 Å². The topological polar surface area (TPSA) is 87.6 Å². The van der Waals surface area contributed by atoms with Crippen molar-refractivity contribution in [3.05, 3.63) is 29.5 Å². The van der Waals surface area contributed by atoms with E-state index in [9.17, 15) is 0 Å². The van der Waals surface area contributed by atoms with Gasteiger partial charge in [-0.15, -0.1) is 0 Å². The van der Waals surface area contributed by atoms with Gasteiger partial charge in [-0.05, 0) is 52.9 Å². The molecule has 3 aromatic rings. The van der Waals surface area contributed by atoms with Crippen LogP contribution in [0, 0.1) is 13.8 Å². The predicted molar refractivity (Wildman–Crippen MR) is 118 cm³/mol. The predicted octanol–water partition coefficient (Wildman–Crippen LogP) is 2.19. The van der Waals surface area contributed by atoms with Crippen molar-refractivity contribution in [3.63, 3.8) is 0 Å². The Hall–Kier alpha value is -2.59. The SMILES string of the molecule is Cc1cc(C)n2ncc(-c3nc(CN4CCN(C(=S)NC(C)(C)C)CC4)no3)c2n1. The molecular weight excluding hydrogens is 400 g/mol. The largest absolute Gasteiger partial charge is 0.358 e. The second-order valence-corrected chi connectivity index (χ2v) is 9.18. The third kappa shape index (κ3) is 4.44. The van der Waals surface area contributed by atoms with Crippen molar-refractivity contribution in [3.8, 4) is 11.5 Å². The van der Waals surface area contributed by atoms with E-state index < -0.39 is 0 Å². The van der Waals surface area contributed by atoms with Crippen molar-refractivity contribution in [2.24, 2.45) is 0 Å². The first-order valence-electron chi connectivity index (χ1n) is 10.1. The van der Waals surface area contributed by atoms with E-state index in [1.54, 1.807) is 10.7 Å². The minimum absolute atomic E-state index is 0.0285. The second kappa shape index (κ2) is 7.92. The summed E-state index contributed by atoms with van der Waals surface area (Å²) < 4.78 is 7.32. The summed E-state index contributed by atoms with van der Waals surface area (Å²) in [4.78, 5) is 13.7. The molecule has 0 atom stereocenters. The molecule has 160 valence electrons. The quantitative estimate of drug-likeness (QED) is 0.631. The second-order valence-electron chi connectivity index (χ2n) is 8.79. The van der Waals surface area contributed by atoms with E-state index in [-0.39, 0.29) is 5.54 Å². The monoisotopic (exact) mass is 428 g/mol. The molecular formula is C20H28N8OS. The van der Waals surface area contributed by atoms with Crippen molar-refractivity contribution >= 4 is 23.0 Å². The van der Waals surface area contributed by atoms with E-state index in [1.807, 2.05) is 19.9 Å². The molecule has 3 aromatic heterocycles. The zero-order chi connectivity index (χ0) is 21.5. The summed E-state index contributed by atoms with van der Waals surface area (Å²) in [5.74, 6) is 1.12. The van der Waals surface area contributed by atoms with Gasteiger partial charge in [0.25, 0.3) is 5.89 Å². The summed E-state index contributed by atoms with van der Waals surface area (Å²) in [6.07, 6.45) is 1.73. The minimum atomic E-state index is -0.0285. The molecule has 0 radical (unpaired) electrons. The fourth-order valence-electron chi connectivity index (χ4n) is 3.56. The van der Waals surface area contributed by atoms with E-state index in [1.165, 1.54) is 0 Å². The van der Waals surface area contributed by atoms with Gasteiger partial charge in [0, 0.05) is 43.1 Å². The molecule has 1 N–H and O–H groups in total. The van der Waals surface area contributed by atoms with Crippen LogP contribution in [-0.4, -0.2) is 71.4 Å². The third-order valence-corrected chi connectivity index (χ3v) is 5.34. The van der Waals surface area contributed by atoms with Crippen molar-refractivity contribution in [1.29, 1.82) is 0 Å². The molecule has 1 fully saturated rings. The zero-order valence-electron chi connectivity index (χ0n) is 18.1. The Morgan fingerprint density at radius 2 is 1.90 bits per heavy atom. The van der Waals surface area contributed by atoms with Gasteiger partial charge in [-0.25, -0.2) is 9.50 Å². The average molecular weight is 429 g/mol. The fourth-order valence-corrected chi connectivity index (χ4v) is 4.05. The lowest BCUT2D eigenvalue weighted by Crippen LogP contribution is -2.54. The van der Waals surface area contributed by atoms with Crippen LogP contribution in [0.1, 0.15) is 38.0 Å². The van der Waals surface area contributed by atoms with Crippen LogP contribution in [0.15, 0.2) is 16.8 Å². The van der Waals surface area contributed by atoms with E-state index in [4.69, 9.17) is 16.7 Å². The van der Waals surface area contributed by atoms with Gasteiger partial charge in [0.2, 0.25) is 0 Å². The Morgan fingerprint density at radius 3 is 2.60 bits per heavy atom. The molecule has 0 aromatic carbocycles. The summed E-state index contributed by atoms with van der Waals surface area (Å²) >= 11 is 5.54. The average Bonchev–Trinajstić information content (AvgIpc) is 3.27. The maximum absolute atomic E-state index is 5.54. The number of fused-ring (bicyclic) bond motifs is 1. The molecule has 9 nitrogen and oxygen atoms in total. The number of aromatic nitrogens is 5. The van der Waals surface area contributed by atoms with Crippen LogP contribution in [0.3, 0.4) is 0 Å². The van der Waals surface area contributed by atoms with Crippen LogP contribution in [0.25, 0.3) is 17.1 Å². The highest BCUT2D eigenvalue weighted by Crippen LogP contribution is 2.23.